The highest BCUT2D eigenvalue weighted by atomic mass is 32.2. The van der Waals surface area contributed by atoms with Gasteiger partial charge in [-0.15, -0.1) is 0 Å². The number of aromatic nitrogens is 2. The lowest BCUT2D eigenvalue weighted by molar-refractivity contribution is 0.589. The van der Waals surface area contributed by atoms with Crippen LogP contribution in [-0.4, -0.2) is 17.0 Å². The van der Waals surface area contributed by atoms with Gasteiger partial charge in [0.2, 0.25) is 0 Å². The monoisotopic (exact) mass is 338 g/mol. The molecule has 0 saturated heterocycles. The first-order chi connectivity index (χ1) is 11.5. The van der Waals surface area contributed by atoms with Crippen molar-refractivity contribution in [3.05, 3.63) is 67.0 Å². The molecule has 4 rings (SSSR count). The molecule has 0 atom stereocenters. The summed E-state index contributed by atoms with van der Waals surface area (Å²) in [6.07, 6.45) is 3.94. The van der Waals surface area contributed by atoms with E-state index in [-0.39, 0.29) is 6.04 Å². The van der Waals surface area contributed by atoms with Gasteiger partial charge in [-0.2, -0.15) is 0 Å². The largest absolute Gasteiger partial charge is 0.349 e. The number of para-hydroxylation sites is 1. The van der Waals surface area contributed by atoms with Crippen LogP contribution in [0.1, 0.15) is 19.9 Å². The third-order valence-corrected chi connectivity index (χ3v) is 6.08. The lowest BCUT2D eigenvalue weighted by atomic mass is 10.2. The zero-order chi connectivity index (χ0) is 16.9. The Morgan fingerprint density at radius 1 is 0.792 bits per heavy atom. The molecule has 4 aromatic rings. The third kappa shape index (κ3) is 2.08. The molecule has 0 spiro atoms. The minimum atomic E-state index is -3.66. The third-order valence-electron chi connectivity index (χ3n) is 4.34. The Morgan fingerprint density at radius 3 is 2.17 bits per heavy atom. The van der Waals surface area contributed by atoms with Crippen molar-refractivity contribution in [1.29, 1.82) is 0 Å². The molecule has 0 bridgehead atoms. The summed E-state index contributed by atoms with van der Waals surface area (Å²) >= 11 is 0. The van der Waals surface area contributed by atoms with Gasteiger partial charge in [0.25, 0.3) is 10.0 Å². The first-order valence-electron chi connectivity index (χ1n) is 7.91. The molecule has 0 N–H and O–H groups in total. The smallest absolute Gasteiger partial charge is 0.268 e. The average Bonchev–Trinajstić information content (AvgIpc) is 3.12. The maximum atomic E-state index is 13.3. The molecule has 0 aliphatic rings. The van der Waals surface area contributed by atoms with E-state index in [1.54, 1.807) is 24.3 Å². The van der Waals surface area contributed by atoms with Gasteiger partial charge in [-0.05, 0) is 32.0 Å². The van der Waals surface area contributed by atoms with Crippen LogP contribution >= 0.6 is 0 Å². The molecule has 122 valence electrons. The minimum absolute atomic E-state index is 0.268. The van der Waals surface area contributed by atoms with Crippen LogP contribution in [0.5, 0.6) is 0 Å². The summed E-state index contributed by atoms with van der Waals surface area (Å²) in [6.45, 7) is 4.16. The first kappa shape index (κ1) is 15.0. The molecule has 2 aromatic heterocycles. The Bertz CT molecular complexity index is 1140. The quantitative estimate of drug-likeness (QED) is 0.555. The summed E-state index contributed by atoms with van der Waals surface area (Å²) in [4.78, 5) is 0.296. The Labute approximate surface area is 141 Å². The van der Waals surface area contributed by atoms with Crippen molar-refractivity contribution in [2.24, 2.45) is 0 Å². The van der Waals surface area contributed by atoms with Gasteiger partial charge >= 0.3 is 0 Å². The van der Waals surface area contributed by atoms with Crippen LogP contribution in [-0.2, 0) is 10.0 Å². The summed E-state index contributed by atoms with van der Waals surface area (Å²) in [5.41, 5.74) is 1.43. The van der Waals surface area contributed by atoms with Crippen LogP contribution in [0, 0.1) is 0 Å². The van der Waals surface area contributed by atoms with E-state index in [1.807, 2.05) is 47.3 Å². The van der Waals surface area contributed by atoms with E-state index in [1.165, 1.54) is 3.97 Å². The number of rotatable bonds is 3. The molecular formula is C19H18N2O2S. The van der Waals surface area contributed by atoms with Crippen molar-refractivity contribution in [3.8, 4) is 0 Å². The molecule has 5 heteroatoms. The molecule has 0 aliphatic heterocycles. The molecule has 24 heavy (non-hydrogen) atoms. The second-order valence-corrected chi connectivity index (χ2v) is 7.98. The zero-order valence-electron chi connectivity index (χ0n) is 13.5. The zero-order valence-corrected chi connectivity index (χ0v) is 14.4. The van der Waals surface area contributed by atoms with Gasteiger partial charge in [0.15, 0.2) is 0 Å². The van der Waals surface area contributed by atoms with Gasteiger partial charge in [0, 0.05) is 29.2 Å². The van der Waals surface area contributed by atoms with Crippen molar-refractivity contribution in [3.63, 3.8) is 0 Å². The van der Waals surface area contributed by atoms with E-state index >= 15 is 0 Å². The van der Waals surface area contributed by atoms with Crippen molar-refractivity contribution in [2.45, 2.75) is 24.8 Å². The molecule has 0 radical (unpaired) electrons. The number of benzene rings is 2. The lowest BCUT2D eigenvalue weighted by Crippen LogP contribution is -2.12. The summed E-state index contributed by atoms with van der Waals surface area (Å²) in [5.74, 6) is 0. The Balaban J connectivity index is 2.13. The van der Waals surface area contributed by atoms with E-state index in [2.05, 4.69) is 13.8 Å². The molecule has 0 fully saturated rings. The summed E-state index contributed by atoms with van der Waals surface area (Å²) < 4.78 is 30.0. The van der Waals surface area contributed by atoms with Crippen molar-refractivity contribution in [1.82, 2.24) is 8.54 Å². The highest BCUT2D eigenvalue weighted by Gasteiger charge is 2.24. The summed E-state index contributed by atoms with van der Waals surface area (Å²) in [6, 6.07) is 16.5. The van der Waals surface area contributed by atoms with Gasteiger partial charge in [-0.1, -0.05) is 36.4 Å². The summed E-state index contributed by atoms with van der Waals surface area (Å²) in [5, 5.41) is 1.91. The molecule has 2 heterocycles. The van der Waals surface area contributed by atoms with Crippen LogP contribution in [0.15, 0.2) is 71.9 Å². The predicted octanol–water partition coefficient (Wildman–Crippen LogP) is 4.41. The molecule has 4 nitrogen and oxygen atoms in total. The van der Waals surface area contributed by atoms with Crippen molar-refractivity contribution < 1.29 is 8.42 Å². The van der Waals surface area contributed by atoms with Crippen LogP contribution < -0.4 is 0 Å². The average molecular weight is 338 g/mol. The lowest BCUT2D eigenvalue weighted by Gasteiger charge is -2.10. The van der Waals surface area contributed by atoms with Crippen molar-refractivity contribution >= 4 is 31.8 Å². The standard InChI is InChI=1S/C19H18N2O2S/c1-14(2)20-12-17-16-10-6-7-11-18(16)21(19(17)13-20)24(22,23)15-8-4-3-5-9-15/h3-14H,1-2H3. The Hall–Kier alpha value is -2.53. The molecular weight excluding hydrogens is 320 g/mol. The maximum Gasteiger partial charge on any atom is 0.268 e. The van der Waals surface area contributed by atoms with E-state index in [4.69, 9.17) is 0 Å². The fourth-order valence-electron chi connectivity index (χ4n) is 3.10. The molecule has 0 unspecified atom stereocenters. The first-order valence-corrected chi connectivity index (χ1v) is 9.35. The highest BCUT2D eigenvalue weighted by Crippen LogP contribution is 2.33. The van der Waals surface area contributed by atoms with E-state index in [0.717, 1.165) is 10.8 Å². The minimum Gasteiger partial charge on any atom is -0.349 e. The van der Waals surface area contributed by atoms with Gasteiger partial charge < -0.3 is 4.57 Å². The van der Waals surface area contributed by atoms with Gasteiger partial charge in [0.05, 0.1) is 15.9 Å². The van der Waals surface area contributed by atoms with E-state index in [9.17, 15) is 8.42 Å². The second-order valence-electron chi connectivity index (χ2n) is 6.20. The number of nitrogens with zero attached hydrogens (tertiary/aromatic N) is 2. The van der Waals surface area contributed by atoms with Crippen LogP contribution in [0.3, 0.4) is 0 Å². The van der Waals surface area contributed by atoms with E-state index in [0.29, 0.717) is 15.9 Å². The van der Waals surface area contributed by atoms with E-state index < -0.39 is 10.0 Å². The molecule has 0 aliphatic carbocycles. The van der Waals surface area contributed by atoms with Crippen LogP contribution in [0.25, 0.3) is 21.8 Å². The SMILES string of the molecule is CC(C)n1cc2c3ccccc3n(S(=O)(=O)c3ccccc3)c2c1. The van der Waals surface area contributed by atoms with Crippen molar-refractivity contribution in [2.75, 3.05) is 0 Å². The van der Waals surface area contributed by atoms with Gasteiger partial charge in [0.1, 0.15) is 0 Å². The molecule has 0 amide bonds. The molecule has 0 saturated carbocycles. The Kier molecular flexibility index (Phi) is 3.28. The highest BCUT2D eigenvalue weighted by molar-refractivity contribution is 7.90. The fourth-order valence-corrected chi connectivity index (χ4v) is 4.63. The molecule has 2 aromatic carbocycles. The Morgan fingerprint density at radius 2 is 1.46 bits per heavy atom. The normalized spacial score (nSPS) is 12.5. The predicted molar refractivity (Wildman–Crippen MR) is 96.8 cm³/mol. The number of hydrogen-bond acceptors (Lipinski definition) is 2. The second kappa shape index (κ2) is 5.24. The number of hydrogen-bond donors (Lipinski definition) is 0. The van der Waals surface area contributed by atoms with Crippen LogP contribution in [0.2, 0.25) is 0 Å². The number of fused-ring (bicyclic) bond motifs is 3. The maximum absolute atomic E-state index is 13.3. The van der Waals surface area contributed by atoms with Crippen LogP contribution in [0.4, 0.5) is 0 Å². The topological polar surface area (TPSA) is 44.0 Å². The fraction of sp³-hybridized carbons (Fsp3) is 0.158. The van der Waals surface area contributed by atoms with Gasteiger partial charge in [-0.3, -0.25) is 0 Å². The van der Waals surface area contributed by atoms with Gasteiger partial charge in [-0.25, -0.2) is 12.4 Å². The summed E-state index contributed by atoms with van der Waals surface area (Å²) in [7, 11) is -3.66.